The van der Waals surface area contributed by atoms with Crippen molar-refractivity contribution in [3.05, 3.63) is 72.1 Å². The fourth-order valence-corrected chi connectivity index (χ4v) is 3.43. The van der Waals surface area contributed by atoms with Crippen LogP contribution in [0.25, 0.3) is 0 Å². The van der Waals surface area contributed by atoms with Crippen LogP contribution in [0.5, 0.6) is 17.2 Å². The first kappa shape index (κ1) is 24.9. The molecule has 1 unspecified atom stereocenters. The molecule has 2 aromatic heterocycles. The summed E-state index contributed by atoms with van der Waals surface area (Å²) < 4.78 is 50.5. The lowest BCUT2D eigenvalue weighted by molar-refractivity contribution is -0.138. The Kier molecular flexibility index (Phi) is 6.77. The van der Waals surface area contributed by atoms with Crippen LogP contribution in [0.4, 0.5) is 13.2 Å². The molecule has 0 saturated heterocycles. The van der Waals surface area contributed by atoms with Gasteiger partial charge in [-0.3, -0.25) is 14.6 Å². The van der Waals surface area contributed by atoms with Crippen LogP contribution < -0.4 is 20.1 Å². The minimum Gasteiger partial charge on any atom is -0.497 e. The molecule has 0 aliphatic heterocycles. The van der Waals surface area contributed by atoms with Gasteiger partial charge in [0.15, 0.2) is 0 Å². The lowest BCUT2D eigenvalue weighted by Crippen LogP contribution is -2.49. The van der Waals surface area contributed by atoms with E-state index in [1.807, 2.05) is 0 Å². The number of carbonyl (C=O) groups excluding carboxylic acids is 2. The van der Waals surface area contributed by atoms with Gasteiger partial charge in [-0.05, 0) is 50.1 Å². The van der Waals surface area contributed by atoms with Gasteiger partial charge in [0.05, 0.1) is 30.6 Å². The summed E-state index contributed by atoms with van der Waals surface area (Å²) in [5.41, 5.74) is -1.30. The van der Waals surface area contributed by atoms with Crippen molar-refractivity contribution in [1.82, 2.24) is 25.6 Å². The van der Waals surface area contributed by atoms with Gasteiger partial charge >= 0.3 is 6.18 Å². The molecule has 4 rings (SSSR count). The highest BCUT2D eigenvalue weighted by atomic mass is 19.4. The average molecular weight is 501 g/mol. The molecule has 0 radical (unpaired) electrons. The van der Waals surface area contributed by atoms with E-state index in [9.17, 15) is 22.8 Å². The molecule has 0 bridgehead atoms. The molecule has 1 aliphatic carbocycles. The molecule has 188 valence electrons. The minimum absolute atomic E-state index is 0.0504. The second-order valence-electron chi connectivity index (χ2n) is 8.24. The third kappa shape index (κ3) is 5.53. The Hall–Kier alpha value is -4.22. The maximum atomic E-state index is 13.4. The molecule has 9 nitrogen and oxygen atoms in total. The summed E-state index contributed by atoms with van der Waals surface area (Å²) in [4.78, 5) is 37.0. The maximum Gasteiger partial charge on any atom is 0.420 e. The van der Waals surface area contributed by atoms with Gasteiger partial charge < -0.3 is 20.1 Å². The van der Waals surface area contributed by atoms with Gasteiger partial charge in [0.25, 0.3) is 5.91 Å². The Bertz CT molecular complexity index is 1250. The zero-order valence-electron chi connectivity index (χ0n) is 19.3. The summed E-state index contributed by atoms with van der Waals surface area (Å²) in [6.07, 6.45) is 1.60. The molecule has 1 aromatic carbocycles. The first-order valence-electron chi connectivity index (χ1n) is 10.9. The summed E-state index contributed by atoms with van der Waals surface area (Å²) in [7, 11) is 1.27. The average Bonchev–Trinajstić information content (AvgIpc) is 3.65. The number of nitrogens with zero attached hydrogens (tertiary/aromatic N) is 3. The minimum atomic E-state index is -4.64. The second-order valence-corrected chi connectivity index (χ2v) is 8.24. The first-order valence-corrected chi connectivity index (χ1v) is 10.9. The number of carbonyl (C=O) groups is 2. The first-order chi connectivity index (χ1) is 17.1. The molecule has 36 heavy (non-hydrogen) atoms. The summed E-state index contributed by atoms with van der Waals surface area (Å²) in [5.74, 6) is -1.07. The molecule has 1 aliphatic rings. The highest BCUT2D eigenvalue weighted by Crippen LogP contribution is 2.40. The monoisotopic (exact) mass is 501 g/mol. The van der Waals surface area contributed by atoms with Gasteiger partial charge in [-0.25, -0.2) is 9.97 Å². The Morgan fingerprint density at radius 2 is 1.75 bits per heavy atom. The van der Waals surface area contributed by atoms with E-state index in [0.717, 1.165) is 6.07 Å². The maximum absolute atomic E-state index is 13.4. The molecule has 2 N–H and O–H groups in total. The lowest BCUT2D eigenvalue weighted by Gasteiger charge is -2.21. The van der Waals surface area contributed by atoms with Gasteiger partial charge in [-0.2, -0.15) is 13.2 Å². The third-order valence-corrected chi connectivity index (χ3v) is 5.63. The highest BCUT2D eigenvalue weighted by molar-refractivity contribution is 6.00. The highest BCUT2D eigenvalue weighted by Gasteiger charge is 2.51. The number of halogens is 3. The van der Waals surface area contributed by atoms with Crippen LogP contribution in [0, 0.1) is 0 Å². The second kappa shape index (κ2) is 9.80. The summed E-state index contributed by atoms with van der Waals surface area (Å²) >= 11 is 0. The Labute approximate surface area is 204 Å². The van der Waals surface area contributed by atoms with Crippen molar-refractivity contribution in [1.29, 1.82) is 0 Å². The third-order valence-electron chi connectivity index (χ3n) is 5.63. The quantitative estimate of drug-likeness (QED) is 0.482. The number of hydrogen-bond acceptors (Lipinski definition) is 7. The molecule has 1 fully saturated rings. The van der Waals surface area contributed by atoms with Crippen molar-refractivity contribution in [2.45, 2.75) is 37.5 Å². The molecular formula is C24H22F3N5O4. The number of nitrogens with one attached hydrogen (secondary N) is 2. The molecule has 1 atom stereocenters. The van der Waals surface area contributed by atoms with E-state index in [-0.39, 0.29) is 23.0 Å². The molecule has 12 heteroatoms. The van der Waals surface area contributed by atoms with Gasteiger partial charge in [-0.1, -0.05) is 0 Å². The lowest BCUT2D eigenvalue weighted by atomic mass is 10.1. The Balaban J connectivity index is 1.40. The van der Waals surface area contributed by atoms with Crippen molar-refractivity contribution in [3.8, 4) is 17.2 Å². The number of aromatic nitrogens is 3. The van der Waals surface area contributed by atoms with Crippen LogP contribution in [0.15, 0.2) is 55.2 Å². The predicted molar refractivity (Wildman–Crippen MR) is 120 cm³/mol. The number of ether oxygens (including phenoxy) is 2. The van der Waals surface area contributed by atoms with Crippen molar-refractivity contribution >= 4 is 11.8 Å². The van der Waals surface area contributed by atoms with Gasteiger partial charge in [0.2, 0.25) is 5.91 Å². The van der Waals surface area contributed by atoms with Crippen molar-refractivity contribution in [2.24, 2.45) is 0 Å². The summed E-state index contributed by atoms with van der Waals surface area (Å²) in [6.45, 7) is 1.70. The standard InChI is InChI=1S/C24H22F3N5O4/c1-14(31-22(34)23(7-8-23)32-21(33)15-10-28-13-29-11-15)19-5-3-17(12-30-19)36-20-6-4-16(35-2)9-18(20)24(25,26)27/h3-6,9-14H,7-8H2,1-2H3,(H,31,34)(H,32,33). The van der Waals surface area contributed by atoms with Crippen LogP contribution in [0.2, 0.25) is 0 Å². The van der Waals surface area contributed by atoms with E-state index in [1.54, 1.807) is 6.92 Å². The molecular weight excluding hydrogens is 479 g/mol. The van der Waals surface area contributed by atoms with Crippen molar-refractivity contribution < 1.29 is 32.2 Å². The normalized spacial score (nSPS) is 14.9. The van der Waals surface area contributed by atoms with E-state index >= 15 is 0 Å². The van der Waals surface area contributed by atoms with Gasteiger partial charge in [-0.15, -0.1) is 0 Å². The number of hydrogen-bond donors (Lipinski definition) is 2. The molecule has 0 spiro atoms. The smallest absolute Gasteiger partial charge is 0.420 e. The van der Waals surface area contributed by atoms with Crippen LogP contribution in [0.3, 0.4) is 0 Å². The molecule has 1 saturated carbocycles. The zero-order chi connectivity index (χ0) is 25.9. The van der Waals surface area contributed by atoms with Gasteiger partial charge in [0.1, 0.15) is 34.7 Å². The number of benzene rings is 1. The fourth-order valence-electron chi connectivity index (χ4n) is 3.43. The van der Waals surface area contributed by atoms with E-state index in [1.165, 1.54) is 56.3 Å². The summed E-state index contributed by atoms with van der Waals surface area (Å²) in [5, 5.41) is 5.55. The van der Waals surface area contributed by atoms with Crippen LogP contribution >= 0.6 is 0 Å². The van der Waals surface area contributed by atoms with Crippen LogP contribution in [-0.4, -0.2) is 39.4 Å². The SMILES string of the molecule is COc1ccc(Oc2ccc(C(C)NC(=O)C3(NC(=O)c4cncnc4)CC3)nc2)c(C(F)(F)F)c1. The van der Waals surface area contributed by atoms with E-state index in [0.29, 0.717) is 18.5 Å². The van der Waals surface area contributed by atoms with Crippen molar-refractivity contribution in [2.75, 3.05) is 7.11 Å². The Morgan fingerprint density at radius 1 is 1.06 bits per heavy atom. The number of pyridine rings is 1. The largest absolute Gasteiger partial charge is 0.497 e. The molecule has 3 aromatic rings. The van der Waals surface area contributed by atoms with E-state index in [4.69, 9.17) is 9.47 Å². The fraction of sp³-hybridized carbons (Fsp3) is 0.292. The number of alkyl halides is 3. The Morgan fingerprint density at radius 3 is 2.33 bits per heavy atom. The van der Waals surface area contributed by atoms with Crippen LogP contribution in [0.1, 0.15) is 47.4 Å². The predicted octanol–water partition coefficient (Wildman–Crippen LogP) is 3.83. The van der Waals surface area contributed by atoms with Crippen LogP contribution in [-0.2, 0) is 11.0 Å². The zero-order valence-corrected chi connectivity index (χ0v) is 19.3. The molecule has 2 heterocycles. The van der Waals surface area contributed by atoms with E-state index < -0.39 is 35.0 Å². The molecule has 2 amide bonds. The van der Waals surface area contributed by atoms with Crippen molar-refractivity contribution in [3.63, 3.8) is 0 Å². The summed E-state index contributed by atoms with van der Waals surface area (Å²) in [6, 6.07) is 5.85. The number of methoxy groups -OCH3 is 1. The number of amides is 2. The van der Waals surface area contributed by atoms with Gasteiger partial charge in [0, 0.05) is 12.4 Å². The van der Waals surface area contributed by atoms with E-state index in [2.05, 4.69) is 25.6 Å². The number of rotatable bonds is 8. The topological polar surface area (TPSA) is 115 Å².